The summed E-state index contributed by atoms with van der Waals surface area (Å²) in [5, 5.41) is -0.916. The fourth-order valence-corrected chi connectivity index (χ4v) is 2.52. The molecule has 0 fully saturated rings. The summed E-state index contributed by atoms with van der Waals surface area (Å²) in [5.74, 6) is 0.194. The molecule has 0 spiro atoms. The Bertz CT molecular complexity index is 374. The average Bonchev–Trinajstić information content (AvgIpc) is 2.14. The minimum Gasteiger partial charge on any atom is -0.285 e. The van der Waals surface area contributed by atoms with E-state index < -0.39 is 15.4 Å². The molecule has 1 aromatic rings. The Balaban J connectivity index is 3.02. The van der Waals surface area contributed by atoms with Gasteiger partial charge in [-0.3, -0.25) is 4.55 Å². The fourth-order valence-electron chi connectivity index (χ4n) is 1.25. The monoisotopic (exact) mass is 234 g/mol. The van der Waals surface area contributed by atoms with Gasteiger partial charge < -0.3 is 0 Å². The predicted octanol–water partition coefficient (Wildman–Crippen LogP) is 2.24. The van der Waals surface area contributed by atoms with Crippen LogP contribution in [0, 0.1) is 0 Å². The van der Waals surface area contributed by atoms with Gasteiger partial charge in [0.25, 0.3) is 10.1 Å². The van der Waals surface area contributed by atoms with Crippen molar-refractivity contribution in [3.05, 3.63) is 35.9 Å². The summed E-state index contributed by atoms with van der Waals surface area (Å²) in [6, 6.07) is 8.55. The molecule has 1 aromatic carbocycles. The first-order valence-corrected chi connectivity index (χ1v) is 6.16. The first-order chi connectivity index (χ1) is 6.55. The highest BCUT2D eigenvalue weighted by molar-refractivity contribution is 7.86. The maximum atomic E-state index is 11.0. The van der Waals surface area contributed by atoms with E-state index in [2.05, 4.69) is 0 Å². The maximum absolute atomic E-state index is 11.0. The molecular formula is C9H11ClO3S. The molecule has 0 heterocycles. The summed E-state index contributed by atoms with van der Waals surface area (Å²) in [7, 11) is -4.06. The lowest BCUT2D eigenvalue weighted by Crippen LogP contribution is -2.12. The van der Waals surface area contributed by atoms with Gasteiger partial charge in [0.05, 0.1) is 0 Å². The van der Waals surface area contributed by atoms with Gasteiger partial charge in [0.15, 0.2) is 0 Å². The Labute approximate surface area is 88.5 Å². The standard InChI is InChI=1S/C9H11ClO3S/c10-7-6-9(14(11,12)13)8-4-2-1-3-5-8/h1-5,9H,6-7H2,(H,11,12,13). The number of rotatable bonds is 4. The molecule has 3 nitrogen and oxygen atoms in total. The molecule has 78 valence electrons. The first-order valence-electron chi connectivity index (χ1n) is 4.13. The van der Waals surface area contributed by atoms with Crippen molar-refractivity contribution in [1.29, 1.82) is 0 Å². The van der Waals surface area contributed by atoms with Gasteiger partial charge in [-0.2, -0.15) is 8.42 Å². The van der Waals surface area contributed by atoms with E-state index in [1.165, 1.54) is 0 Å². The minimum absolute atomic E-state index is 0.194. The highest BCUT2D eigenvalue weighted by Crippen LogP contribution is 2.25. The molecule has 0 radical (unpaired) electrons. The maximum Gasteiger partial charge on any atom is 0.272 e. The van der Waals surface area contributed by atoms with Gasteiger partial charge in [-0.15, -0.1) is 11.6 Å². The van der Waals surface area contributed by atoms with E-state index in [-0.39, 0.29) is 12.3 Å². The van der Waals surface area contributed by atoms with Crippen LogP contribution in [0.15, 0.2) is 30.3 Å². The zero-order chi connectivity index (χ0) is 10.6. The molecule has 0 aliphatic heterocycles. The Morgan fingerprint density at radius 2 is 1.86 bits per heavy atom. The van der Waals surface area contributed by atoms with Gasteiger partial charge in [0.2, 0.25) is 0 Å². The Hall–Kier alpha value is -0.580. The van der Waals surface area contributed by atoms with Crippen LogP contribution in [0.2, 0.25) is 0 Å². The molecule has 1 rings (SSSR count). The van der Waals surface area contributed by atoms with Crippen molar-refractivity contribution in [1.82, 2.24) is 0 Å². The zero-order valence-electron chi connectivity index (χ0n) is 7.43. The third-order valence-electron chi connectivity index (χ3n) is 1.90. The molecule has 5 heteroatoms. The molecule has 0 aliphatic rings. The van der Waals surface area contributed by atoms with Crippen LogP contribution in [0.5, 0.6) is 0 Å². The molecule has 1 atom stereocenters. The van der Waals surface area contributed by atoms with Crippen molar-refractivity contribution in [3.63, 3.8) is 0 Å². The highest BCUT2D eigenvalue weighted by atomic mass is 35.5. The van der Waals surface area contributed by atoms with Crippen molar-refractivity contribution in [3.8, 4) is 0 Å². The van der Waals surface area contributed by atoms with Gasteiger partial charge in [-0.1, -0.05) is 30.3 Å². The van der Waals surface area contributed by atoms with Crippen LogP contribution >= 0.6 is 11.6 Å². The molecule has 0 saturated heterocycles. The van der Waals surface area contributed by atoms with Gasteiger partial charge in [0.1, 0.15) is 5.25 Å². The van der Waals surface area contributed by atoms with Crippen LogP contribution in [0.25, 0.3) is 0 Å². The molecule has 0 aliphatic carbocycles. The highest BCUT2D eigenvalue weighted by Gasteiger charge is 2.23. The van der Waals surface area contributed by atoms with E-state index in [1.807, 2.05) is 0 Å². The fraction of sp³-hybridized carbons (Fsp3) is 0.333. The number of halogens is 1. The van der Waals surface area contributed by atoms with Gasteiger partial charge in [-0.25, -0.2) is 0 Å². The first kappa shape index (κ1) is 11.5. The van der Waals surface area contributed by atoms with Gasteiger partial charge in [0, 0.05) is 5.88 Å². The zero-order valence-corrected chi connectivity index (χ0v) is 9.00. The van der Waals surface area contributed by atoms with Crippen molar-refractivity contribution in [2.75, 3.05) is 5.88 Å². The molecule has 0 aromatic heterocycles. The normalized spacial score (nSPS) is 13.9. The average molecular weight is 235 g/mol. The van der Waals surface area contributed by atoms with Gasteiger partial charge >= 0.3 is 0 Å². The SMILES string of the molecule is O=S(=O)(O)C(CCCl)c1ccccc1. The molecule has 0 bridgehead atoms. The van der Waals surface area contributed by atoms with E-state index >= 15 is 0 Å². The van der Waals surface area contributed by atoms with E-state index in [1.54, 1.807) is 30.3 Å². The van der Waals surface area contributed by atoms with Crippen molar-refractivity contribution >= 4 is 21.7 Å². The predicted molar refractivity (Wildman–Crippen MR) is 56.1 cm³/mol. The summed E-state index contributed by atoms with van der Waals surface area (Å²) < 4.78 is 31.0. The van der Waals surface area contributed by atoms with Crippen LogP contribution in [0.3, 0.4) is 0 Å². The summed E-state index contributed by atoms with van der Waals surface area (Å²) >= 11 is 5.48. The molecular weight excluding hydrogens is 224 g/mol. The smallest absolute Gasteiger partial charge is 0.272 e. The van der Waals surface area contributed by atoms with Crippen molar-refractivity contribution in [2.45, 2.75) is 11.7 Å². The summed E-state index contributed by atoms with van der Waals surface area (Å²) in [4.78, 5) is 0. The summed E-state index contributed by atoms with van der Waals surface area (Å²) in [6.07, 6.45) is 0.213. The van der Waals surface area contributed by atoms with E-state index in [0.29, 0.717) is 5.56 Å². The molecule has 14 heavy (non-hydrogen) atoms. The Morgan fingerprint density at radius 3 is 2.29 bits per heavy atom. The number of hydrogen-bond acceptors (Lipinski definition) is 2. The molecule has 1 unspecified atom stereocenters. The third-order valence-corrected chi connectivity index (χ3v) is 3.35. The van der Waals surface area contributed by atoms with Gasteiger partial charge in [-0.05, 0) is 12.0 Å². The Kier molecular flexibility index (Phi) is 3.92. The summed E-state index contributed by atoms with van der Waals surface area (Å²) in [6.45, 7) is 0. The van der Waals surface area contributed by atoms with Crippen LogP contribution in [0.1, 0.15) is 17.2 Å². The largest absolute Gasteiger partial charge is 0.285 e. The summed E-state index contributed by atoms with van der Waals surface area (Å²) in [5.41, 5.74) is 0.565. The lowest BCUT2D eigenvalue weighted by molar-refractivity contribution is 0.467. The minimum atomic E-state index is -4.06. The molecule has 1 N–H and O–H groups in total. The van der Waals surface area contributed by atoms with E-state index in [4.69, 9.17) is 16.2 Å². The molecule has 0 amide bonds. The topological polar surface area (TPSA) is 54.4 Å². The molecule has 0 saturated carbocycles. The third kappa shape index (κ3) is 2.97. The quantitative estimate of drug-likeness (QED) is 0.642. The van der Waals surface area contributed by atoms with E-state index in [0.717, 1.165) is 0 Å². The van der Waals surface area contributed by atoms with Crippen LogP contribution in [-0.4, -0.2) is 18.9 Å². The second-order valence-corrected chi connectivity index (χ2v) is 4.87. The van der Waals surface area contributed by atoms with Crippen LogP contribution in [-0.2, 0) is 10.1 Å². The number of benzene rings is 1. The number of alkyl halides is 1. The van der Waals surface area contributed by atoms with E-state index in [9.17, 15) is 8.42 Å². The van der Waals surface area contributed by atoms with Crippen molar-refractivity contribution in [2.24, 2.45) is 0 Å². The van der Waals surface area contributed by atoms with Crippen LogP contribution in [0.4, 0.5) is 0 Å². The lowest BCUT2D eigenvalue weighted by Gasteiger charge is -2.12. The van der Waals surface area contributed by atoms with Crippen molar-refractivity contribution < 1.29 is 13.0 Å². The Morgan fingerprint density at radius 1 is 1.29 bits per heavy atom. The second kappa shape index (κ2) is 4.77. The lowest BCUT2D eigenvalue weighted by atomic mass is 10.1. The second-order valence-electron chi connectivity index (χ2n) is 2.89. The number of hydrogen-bond donors (Lipinski definition) is 1. The van der Waals surface area contributed by atoms with Crippen LogP contribution < -0.4 is 0 Å².